The van der Waals surface area contributed by atoms with E-state index in [1.165, 1.54) is 22.5 Å². The van der Waals surface area contributed by atoms with Gasteiger partial charge < -0.3 is 18.6 Å². The number of aromatic nitrogens is 1. The molecule has 50 heavy (non-hydrogen) atoms. The van der Waals surface area contributed by atoms with Crippen molar-refractivity contribution in [3.05, 3.63) is 85.8 Å². The van der Waals surface area contributed by atoms with Crippen LogP contribution in [-0.2, 0) is 21.7 Å². The minimum atomic E-state index is -0.402. The Morgan fingerprint density at radius 2 is 0.920 bits per heavy atom. The standard InChI is InChI=1S/C43H47N3O4/c1-40(2)9-13-45-15-11-42(5,6)32-34(45)30(40)20-24-18-28(38(47)49-36(24)32)26-17-27(23-44-22-26)29-19-25-21-31-35-33(37(25)50-39(29)48)43(7,8)12-16-46(35)14-10-41(31,3)4/h17-23H,9-16H2,1-8H3. The molecule has 0 N–H and O–H groups in total. The predicted molar refractivity (Wildman–Crippen MR) is 202 cm³/mol. The second kappa shape index (κ2) is 10.1. The van der Waals surface area contributed by atoms with Crippen LogP contribution in [0.15, 0.2) is 61.1 Å². The number of hydrogen-bond acceptors (Lipinski definition) is 7. The van der Waals surface area contributed by atoms with Crippen molar-refractivity contribution in [3.8, 4) is 22.3 Å². The molecule has 0 saturated carbocycles. The van der Waals surface area contributed by atoms with Crippen LogP contribution in [0.1, 0.15) is 103 Å². The van der Waals surface area contributed by atoms with Crippen LogP contribution in [0.2, 0.25) is 0 Å². The van der Waals surface area contributed by atoms with Crippen LogP contribution in [0.25, 0.3) is 44.2 Å². The van der Waals surface area contributed by atoms with Crippen LogP contribution < -0.4 is 21.1 Å². The highest BCUT2D eigenvalue weighted by Gasteiger charge is 2.43. The summed E-state index contributed by atoms with van der Waals surface area (Å²) in [6.07, 6.45) is 7.52. The van der Waals surface area contributed by atoms with Crippen molar-refractivity contribution < 1.29 is 8.83 Å². The van der Waals surface area contributed by atoms with Gasteiger partial charge in [-0.15, -0.1) is 0 Å². The molecule has 0 radical (unpaired) electrons. The summed E-state index contributed by atoms with van der Waals surface area (Å²) in [5.41, 5.74) is 9.83. The lowest BCUT2D eigenvalue weighted by atomic mass is 9.69. The van der Waals surface area contributed by atoms with Crippen LogP contribution in [0.5, 0.6) is 0 Å². The molecule has 0 amide bonds. The third-order valence-corrected chi connectivity index (χ3v) is 12.8. The third kappa shape index (κ3) is 4.44. The summed E-state index contributed by atoms with van der Waals surface area (Å²) in [6.45, 7) is 22.4. The molecule has 0 fully saturated rings. The predicted octanol–water partition coefficient (Wildman–Crippen LogP) is 8.97. The summed E-state index contributed by atoms with van der Waals surface area (Å²) in [5, 5.41) is 1.85. The highest BCUT2D eigenvalue weighted by molar-refractivity contribution is 5.94. The molecule has 0 spiro atoms. The maximum absolute atomic E-state index is 13.9. The van der Waals surface area contributed by atoms with E-state index in [0.717, 1.165) is 73.8 Å². The normalized spacial score (nSPS) is 20.9. The van der Waals surface area contributed by atoms with Crippen molar-refractivity contribution in [2.45, 2.75) is 103 Å². The summed E-state index contributed by atoms with van der Waals surface area (Å²) in [7, 11) is 0. The Hall–Kier alpha value is -4.39. The number of anilines is 2. The minimum absolute atomic E-state index is 0.00448. The molecule has 4 aliphatic heterocycles. The van der Waals surface area contributed by atoms with Gasteiger partial charge in [-0.1, -0.05) is 55.4 Å². The van der Waals surface area contributed by atoms with Gasteiger partial charge >= 0.3 is 11.3 Å². The first kappa shape index (κ1) is 31.6. The van der Waals surface area contributed by atoms with Gasteiger partial charge in [-0.2, -0.15) is 0 Å². The Bertz CT molecular complexity index is 2240. The summed E-state index contributed by atoms with van der Waals surface area (Å²) >= 11 is 0. The second-order valence-electron chi connectivity index (χ2n) is 18.0. The van der Waals surface area contributed by atoms with E-state index >= 15 is 0 Å². The molecule has 7 nitrogen and oxygen atoms in total. The molecule has 2 aromatic carbocycles. The lowest BCUT2D eigenvalue weighted by Crippen LogP contribution is -2.44. The Balaban J connectivity index is 1.21. The van der Waals surface area contributed by atoms with Gasteiger partial charge in [0.25, 0.3) is 0 Å². The van der Waals surface area contributed by atoms with Gasteiger partial charge in [-0.3, -0.25) is 4.98 Å². The van der Waals surface area contributed by atoms with E-state index in [4.69, 9.17) is 8.83 Å². The first-order valence-corrected chi connectivity index (χ1v) is 18.3. The largest absolute Gasteiger partial charge is 0.422 e. The van der Waals surface area contributed by atoms with E-state index < -0.39 is 11.3 Å². The van der Waals surface area contributed by atoms with E-state index in [0.29, 0.717) is 33.4 Å². The zero-order valence-corrected chi connectivity index (χ0v) is 30.7. The number of benzene rings is 2. The van der Waals surface area contributed by atoms with Crippen molar-refractivity contribution >= 4 is 33.3 Å². The first-order chi connectivity index (χ1) is 23.6. The molecule has 0 atom stereocenters. The molecular weight excluding hydrogens is 622 g/mol. The van der Waals surface area contributed by atoms with Crippen LogP contribution >= 0.6 is 0 Å². The SMILES string of the molecule is CC1(C)CCN2CCC(C)(C)c3c2c1cc1cc(-c2cncc(-c4cc5cc6c7c(c5oc4=O)C(C)(C)CCN7CCC6(C)C)c2)c(=O)oc31. The van der Waals surface area contributed by atoms with Gasteiger partial charge in [0.2, 0.25) is 0 Å². The molecule has 7 heterocycles. The van der Waals surface area contributed by atoms with Gasteiger partial charge in [0.1, 0.15) is 11.2 Å². The van der Waals surface area contributed by atoms with Crippen molar-refractivity contribution in [2.75, 3.05) is 36.0 Å². The lowest BCUT2D eigenvalue weighted by Gasteiger charge is -2.48. The second-order valence-corrected chi connectivity index (χ2v) is 18.0. The summed E-state index contributed by atoms with van der Waals surface area (Å²) in [6, 6.07) is 10.3. The van der Waals surface area contributed by atoms with Gasteiger partial charge in [0.05, 0.1) is 11.1 Å². The fourth-order valence-corrected chi connectivity index (χ4v) is 9.44. The van der Waals surface area contributed by atoms with Crippen LogP contribution in [0, 0.1) is 0 Å². The number of rotatable bonds is 2. The smallest absolute Gasteiger partial charge is 0.344 e. The van der Waals surface area contributed by atoms with E-state index in [2.05, 4.69) is 82.3 Å². The molecule has 9 rings (SSSR count). The number of fused-ring (bicyclic) bond motifs is 4. The van der Waals surface area contributed by atoms with Crippen molar-refractivity contribution in [1.82, 2.24) is 4.98 Å². The van der Waals surface area contributed by atoms with Gasteiger partial charge in [-0.25, -0.2) is 9.59 Å². The highest BCUT2D eigenvalue weighted by Crippen LogP contribution is 2.53. The number of pyridine rings is 1. The third-order valence-electron chi connectivity index (χ3n) is 12.8. The maximum atomic E-state index is 13.9. The summed E-state index contributed by atoms with van der Waals surface area (Å²) in [5.74, 6) is 0. The first-order valence-electron chi connectivity index (χ1n) is 18.3. The van der Waals surface area contributed by atoms with Crippen molar-refractivity contribution in [3.63, 3.8) is 0 Å². The van der Waals surface area contributed by atoms with Gasteiger partial charge in [0, 0.05) is 83.0 Å². The zero-order chi connectivity index (χ0) is 35.1. The quantitative estimate of drug-likeness (QED) is 0.174. The number of nitrogens with zero attached hydrogens (tertiary/aromatic N) is 3. The van der Waals surface area contributed by atoms with E-state index in [9.17, 15) is 9.59 Å². The molecule has 0 aliphatic carbocycles. The van der Waals surface area contributed by atoms with E-state index in [-0.39, 0.29) is 21.7 Å². The van der Waals surface area contributed by atoms with Crippen LogP contribution in [0.3, 0.4) is 0 Å². The molecule has 0 bridgehead atoms. The monoisotopic (exact) mass is 669 g/mol. The number of hydrogen-bond donors (Lipinski definition) is 0. The molecular formula is C43H47N3O4. The van der Waals surface area contributed by atoms with Gasteiger partial charge in [0.15, 0.2) is 0 Å². The summed E-state index contributed by atoms with van der Waals surface area (Å²) < 4.78 is 12.6. The highest BCUT2D eigenvalue weighted by atomic mass is 16.4. The molecule has 4 aliphatic rings. The summed E-state index contributed by atoms with van der Waals surface area (Å²) in [4.78, 5) is 37.2. The Morgan fingerprint density at radius 1 is 0.540 bits per heavy atom. The van der Waals surface area contributed by atoms with E-state index in [1.807, 2.05) is 18.2 Å². The fourth-order valence-electron chi connectivity index (χ4n) is 9.44. The van der Waals surface area contributed by atoms with Crippen LogP contribution in [-0.4, -0.2) is 31.2 Å². The fraction of sp³-hybridized carbons (Fsp3) is 0.465. The Kier molecular flexibility index (Phi) is 6.39. The minimum Gasteiger partial charge on any atom is -0.422 e. The lowest BCUT2D eigenvalue weighted by molar-refractivity contribution is 0.398. The van der Waals surface area contributed by atoms with Crippen molar-refractivity contribution in [2.24, 2.45) is 0 Å². The maximum Gasteiger partial charge on any atom is 0.344 e. The van der Waals surface area contributed by atoms with Gasteiger partial charge in [-0.05, 0) is 88.8 Å². The topological polar surface area (TPSA) is 79.8 Å². The van der Waals surface area contributed by atoms with E-state index in [1.54, 1.807) is 12.4 Å². The molecule has 258 valence electrons. The molecule has 5 aromatic rings. The van der Waals surface area contributed by atoms with Crippen LogP contribution in [0.4, 0.5) is 11.4 Å². The Morgan fingerprint density at radius 3 is 1.32 bits per heavy atom. The molecule has 0 saturated heterocycles. The average Bonchev–Trinajstić information content (AvgIpc) is 3.05. The zero-order valence-electron chi connectivity index (χ0n) is 30.7. The Labute approximate surface area is 293 Å². The average molecular weight is 670 g/mol. The molecule has 3 aromatic heterocycles. The molecule has 7 heteroatoms. The molecule has 0 unspecified atom stereocenters. The van der Waals surface area contributed by atoms with Crippen molar-refractivity contribution in [1.29, 1.82) is 0 Å².